The van der Waals surface area contributed by atoms with Gasteiger partial charge in [0.1, 0.15) is 12.2 Å². The number of aromatic nitrogens is 1. The minimum atomic E-state index is -0.470. The highest BCUT2D eigenvalue weighted by Gasteiger charge is 2.17. The van der Waals surface area contributed by atoms with Gasteiger partial charge in [-0.3, -0.25) is 0 Å². The molecule has 0 bridgehead atoms. The first-order valence-electron chi connectivity index (χ1n) is 9.04. The Balaban J connectivity index is 1.71. The number of hydrogen-bond acceptors (Lipinski definition) is 7. The number of anilines is 1. The quantitative estimate of drug-likeness (QED) is 0.413. The summed E-state index contributed by atoms with van der Waals surface area (Å²) in [5, 5.41) is 0. The van der Waals surface area contributed by atoms with Gasteiger partial charge in [0.25, 0.3) is 0 Å². The van der Waals surface area contributed by atoms with Crippen molar-refractivity contribution in [2.75, 3.05) is 45.4 Å². The van der Waals surface area contributed by atoms with Crippen LogP contribution in [-0.2, 0) is 25.6 Å². The largest absolute Gasteiger partial charge is 0.503 e. The molecule has 0 aliphatic carbocycles. The van der Waals surface area contributed by atoms with Crippen molar-refractivity contribution in [3.63, 3.8) is 0 Å². The number of esters is 1. The van der Waals surface area contributed by atoms with Gasteiger partial charge in [-0.05, 0) is 17.2 Å². The van der Waals surface area contributed by atoms with Crippen LogP contribution in [0.1, 0.15) is 11.1 Å². The van der Waals surface area contributed by atoms with Gasteiger partial charge in [-0.25, -0.2) is 9.78 Å². The summed E-state index contributed by atoms with van der Waals surface area (Å²) in [6.45, 7) is 3.44. The van der Waals surface area contributed by atoms with Crippen molar-refractivity contribution in [1.82, 2.24) is 4.98 Å². The summed E-state index contributed by atoms with van der Waals surface area (Å²) in [5.41, 5.74) is 2.91. The molecule has 0 spiro atoms. The summed E-state index contributed by atoms with van der Waals surface area (Å²) in [6, 6.07) is 11.3. The molecule has 1 aromatic heterocycles. The average molecular weight is 384 g/mol. The second-order valence-electron chi connectivity index (χ2n) is 6.16. The van der Waals surface area contributed by atoms with E-state index >= 15 is 0 Å². The van der Waals surface area contributed by atoms with Crippen molar-refractivity contribution in [2.45, 2.75) is 6.61 Å². The second-order valence-corrected chi connectivity index (χ2v) is 6.16. The van der Waals surface area contributed by atoms with E-state index in [0.29, 0.717) is 17.0 Å². The lowest BCUT2D eigenvalue weighted by Gasteiger charge is -2.28. The number of hydrogen-bond donors (Lipinski definition) is 0. The smallest absolute Gasteiger partial charge is 0.341 e. The van der Waals surface area contributed by atoms with E-state index in [-0.39, 0.29) is 6.61 Å². The molecule has 0 amide bonds. The second kappa shape index (κ2) is 9.75. The molecule has 1 aliphatic heterocycles. The highest BCUT2D eigenvalue weighted by molar-refractivity contribution is 6.16. The maximum absolute atomic E-state index is 12.1. The topological polar surface area (TPSA) is 70.1 Å². The molecule has 0 atom stereocenters. The van der Waals surface area contributed by atoms with E-state index in [0.717, 1.165) is 37.6 Å². The van der Waals surface area contributed by atoms with Crippen molar-refractivity contribution >= 4 is 17.2 Å². The lowest BCUT2D eigenvalue weighted by atomic mass is 10.0. The first-order chi connectivity index (χ1) is 13.7. The molecule has 0 radical (unpaired) electrons. The molecule has 1 saturated heterocycles. The van der Waals surface area contributed by atoms with Crippen LogP contribution in [-0.4, -0.2) is 51.5 Å². The van der Waals surface area contributed by atoms with Gasteiger partial charge >= 0.3 is 5.97 Å². The van der Waals surface area contributed by atoms with E-state index in [1.54, 1.807) is 6.20 Å². The Morgan fingerprint density at radius 3 is 2.64 bits per heavy atom. The zero-order chi connectivity index (χ0) is 19.8. The molecule has 3 rings (SSSR count). The standard InChI is InChI=1S/C21H24N2O5/c1-25-15-19(21(24)26-2)18-6-4-3-5-16(18)14-28-20-8-7-17(13-22-20)23-9-11-27-12-10-23/h3-8,13,15H,9-12,14H2,1-2H3. The molecule has 7 heteroatoms. The summed E-state index contributed by atoms with van der Waals surface area (Å²) < 4.78 is 21.1. The number of benzene rings is 1. The van der Waals surface area contributed by atoms with Gasteiger partial charge in [-0.15, -0.1) is 0 Å². The van der Waals surface area contributed by atoms with Crippen LogP contribution in [0.3, 0.4) is 0 Å². The monoisotopic (exact) mass is 384 g/mol. The van der Waals surface area contributed by atoms with Crippen LogP contribution < -0.4 is 9.64 Å². The third-order valence-corrected chi connectivity index (χ3v) is 4.42. The highest BCUT2D eigenvalue weighted by atomic mass is 16.5. The van der Waals surface area contributed by atoms with E-state index in [1.165, 1.54) is 20.5 Å². The number of rotatable bonds is 7. The number of carbonyl (C=O) groups is 1. The van der Waals surface area contributed by atoms with Gasteiger partial charge in [-0.1, -0.05) is 24.3 Å². The third-order valence-electron chi connectivity index (χ3n) is 4.42. The molecule has 1 aromatic carbocycles. The van der Waals surface area contributed by atoms with E-state index in [9.17, 15) is 4.79 Å². The van der Waals surface area contributed by atoms with Crippen molar-refractivity contribution < 1.29 is 23.7 Å². The number of carbonyl (C=O) groups excluding carboxylic acids is 1. The lowest BCUT2D eigenvalue weighted by molar-refractivity contribution is -0.133. The first-order valence-corrected chi connectivity index (χ1v) is 9.04. The van der Waals surface area contributed by atoms with Crippen molar-refractivity contribution in [3.05, 3.63) is 60.0 Å². The molecule has 7 nitrogen and oxygen atoms in total. The predicted molar refractivity (Wildman–Crippen MR) is 105 cm³/mol. The number of nitrogens with zero attached hydrogens (tertiary/aromatic N) is 2. The Morgan fingerprint density at radius 2 is 1.96 bits per heavy atom. The van der Waals surface area contributed by atoms with Crippen LogP contribution in [0.2, 0.25) is 0 Å². The van der Waals surface area contributed by atoms with Gasteiger partial charge < -0.3 is 23.8 Å². The number of methoxy groups -OCH3 is 2. The fourth-order valence-corrected chi connectivity index (χ4v) is 2.98. The molecular formula is C21H24N2O5. The molecular weight excluding hydrogens is 360 g/mol. The number of ether oxygens (including phenoxy) is 4. The Bertz CT molecular complexity index is 814. The summed E-state index contributed by atoms with van der Waals surface area (Å²) in [4.78, 5) is 18.7. The summed E-state index contributed by atoms with van der Waals surface area (Å²) in [5.74, 6) is 0.0458. The van der Waals surface area contributed by atoms with Gasteiger partial charge in [0.15, 0.2) is 0 Å². The maximum Gasteiger partial charge on any atom is 0.341 e. The number of pyridine rings is 1. The fourth-order valence-electron chi connectivity index (χ4n) is 2.98. The lowest BCUT2D eigenvalue weighted by Crippen LogP contribution is -2.36. The molecule has 2 heterocycles. The first kappa shape index (κ1) is 19.7. The third kappa shape index (κ3) is 4.80. The van der Waals surface area contributed by atoms with Crippen molar-refractivity contribution in [1.29, 1.82) is 0 Å². The molecule has 28 heavy (non-hydrogen) atoms. The number of morpholine rings is 1. The Hall–Kier alpha value is -3.06. The molecule has 1 fully saturated rings. The Labute approximate surface area is 164 Å². The van der Waals surface area contributed by atoms with Crippen LogP contribution >= 0.6 is 0 Å². The molecule has 148 valence electrons. The summed E-state index contributed by atoms with van der Waals surface area (Å²) in [6.07, 6.45) is 3.18. The average Bonchev–Trinajstić information content (AvgIpc) is 2.77. The van der Waals surface area contributed by atoms with Crippen LogP contribution in [0.15, 0.2) is 48.9 Å². The van der Waals surface area contributed by atoms with E-state index in [4.69, 9.17) is 18.9 Å². The summed E-state index contributed by atoms with van der Waals surface area (Å²) in [7, 11) is 2.83. The van der Waals surface area contributed by atoms with Gasteiger partial charge in [0, 0.05) is 19.2 Å². The van der Waals surface area contributed by atoms with Gasteiger partial charge in [-0.2, -0.15) is 0 Å². The van der Waals surface area contributed by atoms with E-state index < -0.39 is 5.97 Å². The SMILES string of the molecule is COC=C(C(=O)OC)c1ccccc1COc1ccc(N2CCOCC2)cn1. The Kier molecular flexibility index (Phi) is 6.86. The zero-order valence-electron chi connectivity index (χ0n) is 16.1. The molecule has 0 N–H and O–H groups in total. The van der Waals surface area contributed by atoms with E-state index in [2.05, 4.69) is 9.88 Å². The van der Waals surface area contributed by atoms with Crippen molar-refractivity contribution in [3.8, 4) is 5.88 Å². The summed E-state index contributed by atoms with van der Waals surface area (Å²) >= 11 is 0. The van der Waals surface area contributed by atoms with Crippen LogP contribution in [0.4, 0.5) is 5.69 Å². The van der Waals surface area contributed by atoms with Crippen LogP contribution in [0.5, 0.6) is 5.88 Å². The maximum atomic E-state index is 12.1. The fraction of sp³-hybridized carbons (Fsp3) is 0.333. The molecule has 0 unspecified atom stereocenters. The highest BCUT2D eigenvalue weighted by Crippen LogP contribution is 2.23. The zero-order valence-corrected chi connectivity index (χ0v) is 16.1. The minimum absolute atomic E-state index is 0.262. The van der Waals surface area contributed by atoms with Crippen LogP contribution in [0, 0.1) is 0 Å². The van der Waals surface area contributed by atoms with Gasteiger partial charge in [0.05, 0.1) is 45.6 Å². The molecule has 0 saturated carbocycles. The van der Waals surface area contributed by atoms with Crippen LogP contribution in [0.25, 0.3) is 5.57 Å². The Morgan fingerprint density at radius 1 is 1.18 bits per heavy atom. The normalized spacial score (nSPS) is 14.5. The van der Waals surface area contributed by atoms with Crippen molar-refractivity contribution in [2.24, 2.45) is 0 Å². The predicted octanol–water partition coefficient (Wildman–Crippen LogP) is 2.66. The van der Waals surface area contributed by atoms with Gasteiger partial charge in [0.2, 0.25) is 5.88 Å². The molecule has 2 aromatic rings. The van der Waals surface area contributed by atoms with E-state index in [1.807, 2.05) is 36.4 Å². The molecule has 1 aliphatic rings. The minimum Gasteiger partial charge on any atom is -0.503 e.